The number of likely N-dealkylation sites (N-methyl/N-ethyl adjacent to an activating group) is 1. The minimum atomic E-state index is -1.68. The number of esters is 1. The van der Waals surface area contributed by atoms with Crippen LogP contribution in [0.5, 0.6) is 0 Å². The van der Waals surface area contributed by atoms with Crippen LogP contribution in [-0.2, 0) is 38.0 Å². The Hall–Kier alpha value is 0.493. The number of hydrogen-bond donors (Lipinski definition) is 3. The minimum Gasteiger partial charge on any atom is -0.459 e. The van der Waals surface area contributed by atoms with Gasteiger partial charge in [0, 0.05) is 119 Å². The Labute approximate surface area is 407 Å². The van der Waals surface area contributed by atoms with Gasteiger partial charge in [-0.1, -0.05) is 40.7 Å². The third-order valence-electron chi connectivity index (χ3n) is 11.1. The van der Waals surface area contributed by atoms with Crippen LogP contribution in [0.4, 0.5) is 4.79 Å². The molecule has 3 rings (SSSR count). The summed E-state index contributed by atoms with van der Waals surface area (Å²) < 4.78 is 38.5. The standard InChI is InChI=1S/C41H69N2O11.2Ac/c1-15-17-42-38(47)54-41(12)20-24(4)32(44)23(3)19-40(11,48)30(16-2)51-36(46)28(8)34(52-31-22-39(9,10)21-26(6)49-31)27(7)35(41)53-37-33(45)29(43(13)14)18-25(5)50-37;;/h15,19,21,24-31,33-35,37,45,48H,1,16-18,20,22H2,2-14H3,(H,42,47);;/b23-19+;;/t24-,25-,26+,27+,28-,29+,30-,31+,33-,34+,35-,37+,40+,41-;;/m1../s1. The molecule has 1 amide bonds. The molecule has 0 unspecified atom stereocenters. The third kappa shape index (κ3) is 14.6. The average Bonchev–Trinajstić information content (AvgIpc) is 3.05. The molecule has 3 aliphatic rings. The Morgan fingerprint density at radius 3 is 2.23 bits per heavy atom. The Morgan fingerprint density at radius 2 is 1.68 bits per heavy atom. The van der Waals surface area contributed by atoms with Gasteiger partial charge in [0.15, 0.2) is 18.4 Å². The summed E-state index contributed by atoms with van der Waals surface area (Å²) in [6.45, 7) is 23.6. The van der Waals surface area contributed by atoms with Crippen molar-refractivity contribution in [3.63, 3.8) is 0 Å². The summed E-state index contributed by atoms with van der Waals surface area (Å²) in [4.78, 5) is 43.7. The molecule has 13 nitrogen and oxygen atoms in total. The van der Waals surface area contributed by atoms with Gasteiger partial charge < -0.3 is 48.9 Å². The fourth-order valence-electron chi connectivity index (χ4n) is 8.52. The van der Waals surface area contributed by atoms with Crippen LogP contribution in [0.15, 0.2) is 24.3 Å². The second-order valence-electron chi connectivity index (χ2n) is 17.2. The molecule has 0 aromatic rings. The van der Waals surface area contributed by atoms with Crippen LogP contribution in [0.3, 0.4) is 0 Å². The SMILES string of the molecule is C=CCNC(=O)O[C@]1(C)C[C@@H](C)C(=O)/C(C)=C/[C@](C)(O)[C@@H](CC)OC(=O)[C@H](C)[C@@H](O[C@H]2CC(C)(C)[CH][C@H](C)O2)[C@H](C)[C@H]1O[C@@H]1O[C@H](C)C[C@H](N(C)C)[C@H]1O.[Ac].[Ac]. The van der Waals surface area contributed by atoms with E-state index >= 15 is 0 Å². The van der Waals surface area contributed by atoms with E-state index in [4.69, 9.17) is 28.4 Å². The van der Waals surface area contributed by atoms with Gasteiger partial charge in [-0.25, -0.2) is 4.79 Å². The smallest absolute Gasteiger partial charge is 0.408 e. The Bertz CT molecular complexity index is 1350. The first-order chi connectivity index (χ1) is 24.9. The molecular formula is C41H69Ac2N2O11. The first kappa shape index (κ1) is 54.5. The largest absolute Gasteiger partial charge is 0.459 e. The van der Waals surface area contributed by atoms with Crippen LogP contribution in [0.2, 0.25) is 0 Å². The van der Waals surface area contributed by atoms with Crippen LogP contribution in [-0.4, -0.2) is 120 Å². The molecule has 3 aliphatic heterocycles. The zero-order chi connectivity index (χ0) is 40.9. The summed E-state index contributed by atoms with van der Waals surface area (Å²) in [7, 11) is 3.74. The number of carbonyl (C=O) groups is 3. The maximum Gasteiger partial charge on any atom is 0.408 e. The third-order valence-corrected chi connectivity index (χ3v) is 11.1. The molecule has 2 fully saturated rings. The summed E-state index contributed by atoms with van der Waals surface area (Å²) in [6.07, 6.45) is -1.14. The topological polar surface area (TPSA) is 162 Å². The molecule has 315 valence electrons. The van der Waals surface area contributed by atoms with Crippen LogP contribution >= 0.6 is 0 Å². The van der Waals surface area contributed by atoms with Gasteiger partial charge in [0.1, 0.15) is 29.5 Å². The van der Waals surface area contributed by atoms with Crippen molar-refractivity contribution in [1.82, 2.24) is 10.2 Å². The number of Topliss-reactive ketones (excluding diaryl/α,β-unsaturated/α-hetero) is 1. The number of alkyl carbamates (subject to hydrolysis) is 1. The number of cyclic esters (lactones) is 1. The summed E-state index contributed by atoms with van der Waals surface area (Å²) in [5.41, 5.74) is -3.26. The van der Waals surface area contributed by atoms with Crippen molar-refractivity contribution in [2.75, 3.05) is 20.6 Å². The molecule has 0 aromatic carbocycles. The fourth-order valence-corrected chi connectivity index (χ4v) is 8.52. The summed E-state index contributed by atoms with van der Waals surface area (Å²) in [5.74, 6) is -3.44. The number of rotatable bonds is 9. The van der Waals surface area contributed by atoms with Crippen LogP contribution < -0.4 is 5.32 Å². The van der Waals surface area contributed by atoms with E-state index in [9.17, 15) is 24.6 Å². The number of ether oxygens (including phenoxy) is 6. The minimum absolute atomic E-state index is 0. The van der Waals surface area contributed by atoms with E-state index in [2.05, 4.69) is 32.2 Å². The second-order valence-corrected chi connectivity index (χ2v) is 17.2. The first-order valence-electron chi connectivity index (χ1n) is 19.5. The summed E-state index contributed by atoms with van der Waals surface area (Å²) in [6, 6.07) is -0.320. The molecule has 0 aliphatic carbocycles. The van der Waals surface area contributed by atoms with Crippen molar-refractivity contribution in [3.05, 3.63) is 30.7 Å². The van der Waals surface area contributed by atoms with Crippen molar-refractivity contribution in [2.24, 2.45) is 23.2 Å². The Balaban J connectivity index is 0.00000784. The first-order valence-corrected chi connectivity index (χ1v) is 19.5. The molecule has 56 heavy (non-hydrogen) atoms. The van der Waals surface area contributed by atoms with Gasteiger partial charge in [0.25, 0.3) is 0 Å². The number of aliphatic hydroxyl groups is 2. The molecule has 2 saturated heterocycles. The summed E-state index contributed by atoms with van der Waals surface area (Å²) in [5, 5.41) is 26.0. The molecule has 3 N–H and O–H groups in total. The number of hydrogen-bond acceptors (Lipinski definition) is 12. The summed E-state index contributed by atoms with van der Waals surface area (Å²) >= 11 is 0. The zero-order valence-corrected chi connectivity index (χ0v) is 45.6. The van der Waals surface area contributed by atoms with Crippen LogP contribution in [0.1, 0.15) is 102 Å². The number of ketones is 1. The van der Waals surface area contributed by atoms with Gasteiger partial charge in [0.05, 0.1) is 24.2 Å². The molecule has 0 spiro atoms. The normalized spacial score (nSPS) is 40.8. The maximum absolute atomic E-state index is 14.2. The molecule has 0 bridgehead atoms. The van der Waals surface area contributed by atoms with E-state index in [1.165, 1.54) is 19.1 Å². The fraction of sp³-hybridized carbons (Fsp3) is 0.805. The molecule has 0 saturated carbocycles. The molecule has 15 heteroatoms. The van der Waals surface area contributed by atoms with Crippen molar-refractivity contribution < 1.29 is 141 Å². The number of carbonyl (C=O) groups excluding carboxylic acids is 3. The van der Waals surface area contributed by atoms with E-state index in [0.29, 0.717) is 12.8 Å². The van der Waals surface area contributed by atoms with E-state index in [-0.39, 0.29) is 143 Å². The number of allylic oxidation sites excluding steroid dienone is 1. The number of nitrogens with zero attached hydrogens (tertiary/aromatic N) is 1. The van der Waals surface area contributed by atoms with Gasteiger partial charge in [-0.05, 0) is 98.4 Å². The Kier molecular flexibility index (Phi) is 22.5. The number of nitrogens with one attached hydrogen (secondary N) is 1. The second kappa shape index (κ2) is 23.1. The van der Waals surface area contributed by atoms with Crippen molar-refractivity contribution >= 4 is 17.8 Å². The van der Waals surface area contributed by atoms with Crippen molar-refractivity contribution in [2.45, 2.75) is 168 Å². The Morgan fingerprint density at radius 1 is 1.05 bits per heavy atom. The van der Waals surface area contributed by atoms with Crippen molar-refractivity contribution in [3.8, 4) is 0 Å². The van der Waals surface area contributed by atoms with Gasteiger partial charge in [0.2, 0.25) is 0 Å². The van der Waals surface area contributed by atoms with E-state index in [1.807, 2.05) is 39.8 Å². The quantitative estimate of drug-likeness (QED) is 0.207. The van der Waals surface area contributed by atoms with Gasteiger partial charge in [-0.3, -0.25) is 9.59 Å². The maximum atomic E-state index is 14.2. The number of aliphatic hydroxyl groups excluding tert-OH is 1. The molecule has 14 atom stereocenters. The van der Waals surface area contributed by atoms with Gasteiger partial charge >= 0.3 is 12.1 Å². The molecular weight excluding hydrogens is 1150 g/mol. The van der Waals surface area contributed by atoms with E-state index in [1.54, 1.807) is 34.6 Å². The molecule has 3 radical (unpaired) electrons. The van der Waals surface area contributed by atoms with Gasteiger partial charge in [-0.15, -0.1) is 6.58 Å². The predicted molar refractivity (Wildman–Crippen MR) is 204 cm³/mol. The van der Waals surface area contributed by atoms with E-state index in [0.717, 1.165) is 0 Å². The predicted octanol–water partition coefficient (Wildman–Crippen LogP) is 5.12. The molecule has 3 heterocycles. The van der Waals surface area contributed by atoms with Crippen LogP contribution in [0, 0.1) is 118 Å². The van der Waals surface area contributed by atoms with E-state index < -0.39 is 78.0 Å². The van der Waals surface area contributed by atoms with Crippen molar-refractivity contribution in [1.29, 1.82) is 0 Å². The zero-order valence-electron chi connectivity index (χ0n) is 36.1. The molecule has 0 aromatic heterocycles. The monoisotopic (exact) mass is 1220 g/mol. The number of amides is 1. The average molecular weight is 1220 g/mol. The van der Waals surface area contributed by atoms with Crippen LogP contribution in [0.25, 0.3) is 0 Å². The van der Waals surface area contributed by atoms with Gasteiger partial charge in [-0.2, -0.15) is 0 Å².